The van der Waals surface area contributed by atoms with Crippen molar-refractivity contribution in [2.45, 2.75) is 43.8 Å². The molecule has 3 fully saturated rings. The Bertz CT molecular complexity index is 1520. The average Bonchev–Trinajstić information content (AvgIpc) is 3.50. The minimum Gasteiger partial charge on any atom is -0.462 e. The SMILES string of the molecule is CN1CCC[C@H]1COc1nc(N2C[C@H]3CC[C@@H](C2)N3)c2ccc(-c3nccc4cccc(Cl)c34)c(F)c2n1. The lowest BCUT2D eigenvalue weighted by Gasteiger charge is -2.34. The monoisotopic (exact) mass is 532 g/mol. The van der Waals surface area contributed by atoms with Gasteiger partial charge in [-0.2, -0.15) is 9.97 Å². The van der Waals surface area contributed by atoms with Crippen molar-refractivity contribution in [3.63, 3.8) is 0 Å². The van der Waals surface area contributed by atoms with Gasteiger partial charge in [-0.3, -0.25) is 4.98 Å². The van der Waals surface area contributed by atoms with Gasteiger partial charge in [0.15, 0.2) is 5.82 Å². The summed E-state index contributed by atoms with van der Waals surface area (Å²) in [5, 5.41) is 6.52. The molecule has 3 aliphatic heterocycles. The Labute approximate surface area is 226 Å². The van der Waals surface area contributed by atoms with Gasteiger partial charge in [0, 0.05) is 53.7 Å². The molecule has 7 nitrogen and oxygen atoms in total. The molecule has 4 aromatic rings. The van der Waals surface area contributed by atoms with E-state index in [0.717, 1.165) is 61.9 Å². The normalized spacial score (nSPS) is 23.6. The number of piperazine rings is 1. The molecule has 9 heteroatoms. The highest BCUT2D eigenvalue weighted by Crippen LogP contribution is 2.38. The number of rotatable bonds is 5. The summed E-state index contributed by atoms with van der Waals surface area (Å²) in [7, 11) is 2.11. The van der Waals surface area contributed by atoms with E-state index in [0.29, 0.717) is 46.4 Å². The van der Waals surface area contributed by atoms with Crippen LogP contribution in [0.1, 0.15) is 25.7 Å². The Kier molecular flexibility index (Phi) is 6.06. The average molecular weight is 533 g/mol. The molecule has 0 aliphatic carbocycles. The lowest BCUT2D eigenvalue weighted by molar-refractivity contribution is 0.188. The van der Waals surface area contributed by atoms with Crippen molar-refractivity contribution in [3.8, 4) is 17.3 Å². The molecule has 0 amide bonds. The van der Waals surface area contributed by atoms with E-state index in [4.69, 9.17) is 21.3 Å². The van der Waals surface area contributed by atoms with Crippen LogP contribution in [0.2, 0.25) is 5.02 Å². The van der Waals surface area contributed by atoms with Crippen LogP contribution >= 0.6 is 11.6 Å². The Hall–Kier alpha value is -3.07. The van der Waals surface area contributed by atoms with E-state index in [1.165, 1.54) is 0 Å². The topological polar surface area (TPSA) is 66.4 Å². The van der Waals surface area contributed by atoms with E-state index >= 15 is 4.39 Å². The van der Waals surface area contributed by atoms with E-state index in [1.807, 2.05) is 24.3 Å². The first-order valence-corrected chi connectivity index (χ1v) is 13.8. The van der Waals surface area contributed by atoms with Crippen LogP contribution in [0.15, 0.2) is 42.6 Å². The molecule has 0 spiro atoms. The zero-order valence-electron chi connectivity index (χ0n) is 21.3. The predicted octanol–water partition coefficient (Wildman–Crippen LogP) is 5.05. The van der Waals surface area contributed by atoms with E-state index in [9.17, 15) is 0 Å². The largest absolute Gasteiger partial charge is 0.462 e. The van der Waals surface area contributed by atoms with Crippen molar-refractivity contribution in [2.75, 3.05) is 38.2 Å². The minimum absolute atomic E-state index is 0.221. The highest BCUT2D eigenvalue weighted by atomic mass is 35.5. The van der Waals surface area contributed by atoms with Crippen molar-refractivity contribution < 1.29 is 9.13 Å². The fourth-order valence-corrected chi connectivity index (χ4v) is 6.61. The first-order valence-electron chi connectivity index (χ1n) is 13.4. The Morgan fingerprint density at radius 2 is 1.92 bits per heavy atom. The number of fused-ring (bicyclic) bond motifs is 4. The van der Waals surface area contributed by atoms with Crippen molar-refractivity contribution in [2.24, 2.45) is 0 Å². The second-order valence-electron chi connectivity index (χ2n) is 10.8. The summed E-state index contributed by atoms with van der Waals surface area (Å²) in [5.74, 6) is 0.296. The van der Waals surface area contributed by atoms with Gasteiger partial charge in [-0.25, -0.2) is 4.39 Å². The first kappa shape index (κ1) is 24.0. The number of hydrogen-bond donors (Lipinski definition) is 1. The fraction of sp³-hybridized carbons (Fsp3) is 0.414. The van der Waals surface area contributed by atoms with Crippen LogP contribution in [0.5, 0.6) is 6.01 Å². The summed E-state index contributed by atoms with van der Waals surface area (Å²) in [6.07, 6.45) is 6.20. The molecule has 5 heterocycles. The van der Waals surface area contributed by atoms with Gasteiger partial charge in [0.2, 0.25) is 0 Å². The van der Waals surface area contributed by atoms with Crippen molar-refractivity contribution in [1.29, 1.82) is 0 Å². The third-order valence-electron chi connectivity index (χ3n) is 8.35. The number of nitrogens with one attached hydrogen (secondary N) is 1. The second-order valence-corrected chi connectivity index (χ2v) is 11.2. The van der Waals surface area contributed by atoms with Crippen LogP contribution < -0.4 is 15.0 Å². The van der Waals surface area contributed by atoms with Crippen LogP contribution in [-0.2, 0) is 0 Å². The van der Waals surface area contributed by atoms with Crippen LogP contribution in [0, 0.1) is 5.82 Å². The molecule has 38 heavy (non-hydrogen) atoms. The van der Waals surface area contributed by atoms with Gasteiger partial charge in [0.1, 0.15) is 17.9 Å². The van der Waals surface area contributed by atoms with Crippen molar-refractivity contribution in [3.05, 3.63) is 53.4 Å². The Morgan fingerprint density at radius 1 is 1.08 bits per heavy atom. The summed E-state index contributed by atoms with van der Waals surface area (Å²) in [5.41, 5.74) is 1.12. The van der Waals surface area contributed by atoms with Crippen LogP contribution in [-0.4, -0.2) is 71.3 Å². The number of aromatic nitrogens is 3. The second kappa shape index (κ2) is 9.59. The zero-order valence-corrected chi connectivity index (χ0v) is 22.1. The molecule has 3 aliphatic rings. The van der Waals surface area contributed by atoms with Crippen LogP contribution in [0.25, 0.3) is 32.9 Å². The maximum Gasteiger partial charge on any atom is 0.319 e. The van der Waals surface area contributed by atoms with Crippen molar-refractivity contribution >= 4 is 39.1 Å². The van der Waals surface area contributed by atoms with Gasteiger partial charge in [-0.05, 0) is 68.9 Å². The van der Waals surface area contributed by atoms with Gasteiger partial charge in [-0.15, -0.1) is 0 Å². The molecule has 1 N–H and O–H groups in total. The molecule has 3 saturated heterocycles. The summed E-state index contributed by atoms with van der Waals surface area (Å²) in [6, 6.07) is 12.6. The third-order valence-corrected chi connectivity index (χ3v) is 8.67. The number of likely N-dealkylation sites (tertiary alicyclic amines) is 1. The molecule has 196 valence electrons. The van der Waals surface area contributed by atoms with E-state index in [1.54, 1.807) is 18.3 Å². The van der Waals surface area contributed by atoms with Gasteiger partial charge in [0.05, 0.1) is 10.7 Å². The number of ether oxygens (including phenoxy) is 1. The number of likely N-dealkylation sites (N-methyl/N-ethyl adjacent to an activating group) is 1. The summed E-state index contributed by atoms with van der Waals surface area (Å²) in [6.45, 7) is 3.20. The standard InChI is InChI=1S/C29H30ClFN6O/c1-36-13-3-5-20(36)16-38-29-34-27-22(28(35-29)37-14-18-7-8-19(15-37)33-18)10-9-21(25(27)31)26-24-17(11-12-32-26)4-2-6-23(24)30/h2,4,6,9-12,18-20,33H,3,5,7-8,13-16H2,1H3/t18-,19+,20-/m0/s1. The summed E-state index contributed by atoms with van der Waals surface area (Å²) < 4.78 is 22.6. The number of benzene rings is 2. The van der Waals surface area contributed by atoms with Gasteiger partial charge < -0.3 is 19.9 Å². The smallest absolute Gasteiger partial charge is 0.319 e. The Morgan fingerprint density at radius 3 is 2.71 bits per heavy atom. The van der Waals surface area contributed by atoms with Gasteiger partial charge in [0.25, 0.3) is 0 Å². The van der Waals surface area contributed by atoms with Crippen LogP contribution in [0.4, 0.5) is 10.2 Å². The first-order chi connectivity index (χ1) is 18.5. The predicted molar refractivity (Wildman–Crippen MR) is 149 cm³/mol. The zero-order chi connectivity index (χ0) is 25.8. The fourth-order valence-electron chi connectivity index (χ4n) is 6.34. The Balaban J connectivity index is 1.36. The van der Waals surface area contributed by atoms with E-state index < -0.39 is 5.82 Å². The molecule has 3 atom stereocenters. The lowest BCUT2D eigenvalue weighted by Crippen LogP contribution is -2.51. The lowest BCUT2D eigenvalue weighted by atomic mass is 10.0. The molecule has 2 aromatic heterocycles. The summed E-state index contributed by atoms with van der Waals surface area (Å²) in [4.78, 5) is 18.6. The molecule has 0 radical (unpaired) electrons. The number of anilines is 1. The minimum atomic E-state index is -0.438. The van der Waals surface area contributed by atoms with Crippen LogP contribution in [0.3, 0.4) is 0 Å². The number of hydrogen-bond acceptors (Lipinski definition) is 7. The van der Waals surface area contributed by atoms with Crippen molar-refractivity contribution in [1.82, 2.24) is 25.2 Å². The number of nitrogens with zero attached hydrogens (tertiary/aromatic N) is 5. The van der Waals surface area contributed by atoms with Gasteiger partial charge in [-0.1, -0.05) is 23.7 Å². The van der Waals surface area contributed by atoms with Gasteiger partial charge >= 0.3 is 6.01 Å². The number of halogens is 2. The van der Waals surface area contributed by atoms with E-state index in [2.05, 4.69) is 32.1 Å². The molecular formula is C29H30ClFN6O. The molecule has 0 unspecified atom stereocenters. The maximum atomic E-state index is 16.4. The number of pyridine rings is 1. The summed E-state index contributed by atoms with van der Waals surface area (Å²) >= 11 is 6.56. The molecule has 0 saturated carbocycles. The molecule has 2 bridgehead atoms. The quantitative estimate of drug-likeness (QED) is 0.386. The highest BCUT2D eigenvalue weighted by molar-refractivity contribution is 6.36. The highest BCUT2D eigenvalue weighted by Gasteiger charge is 2.34. The molecule has 7 rings (SSSR count). The maximum absolute atomic E-state index is 16.4. The van der Waals surface area contributed by atoms with E-state index in [-0.39, 0.29) is 11.5 Å². The molecular weight excluding hydrogens is 503 g/mol. The molecule has 2 aromatic carbocycles. The third kappa shape index (κ3) is 4.15.